The Bertz CT molecular complexity index is 751. The van der Waals surface area contributed by atoms with Crippen LogP contribution in [0.15, 0.2) is 30.5 Å². The first-order chi connectivity index (χ1) is 12.1. The van der Waals surface area contributed by atoms with Gasteiger partial charge in [0, 0.05) is 17.6 Å². The molecule has 0 spiro atoms. The molecule has 1 aromatic carbocycles. The summed E-state index contributed by atoms with van der Waals surface area (Å²) < 4.78 is 5.60. The fourth-order valence-electron chi connectivity index (χ4n) is 3.91. The number of piperidine rings is 3. The number of rotatable bonds is 4. The lowest BCUT2D eigenvalue weighted by atomic mass is 9.79. The molecule has 3 fully saturated rings. The summed E-state index contributed by atoms with van der Waals surface area (Å²) in [5, 5.41) is 3.51. The van der Waals surface area contributed by atoms with Crippen molar-refractivity contribution >= 4 is 17.5 Å². The van der Waals surface area contributed by atoms with E-state index in [2.05, 4.69) is 27.1 Å². The normalized spacial score (nSPS) is 27.9. The van der Waals surface area contributed by atoms with Gasteiger partial charge in [0.2, 0.25) is 11.2 Å². The maximum absolute atomic E-state index is 12.6. The smallest absolute Gasteiger partial charge is 0.251 e. The largest absolute Gasteiger partial charge is 0.439 e. The van der Waals surface area contributed by atoms with E-state index in [0.29, 0.717) is 29.2 Å². The molecule has 1 amide bonds. The van der Waals surface area contributed by atoms with Gasteiger partial charge in [-0.05, 0) is 74.6 Å². The molecule has 1 aromatic heterocycles. The van der Waals surface area contributed by atoms with Crippen LogP contribution in [0.4, 0.5) is 0 Å². The Balaban J connectivity index is 1.40. The van der Waals surface area contributed by atoms with Gasteiger partial charge in [-0.25, -0.2) is 4.98 Å². The van der Waals surface area contributed by atoms with Crippen LogP contribution in [0, 0.1) is 5.92 Å². The van der Waals surface area contributed by atoms with Crippen LogP contribution in [0.5, 0.6) is 11.6 Å². The SMILES string of the molecule is C[C@H]1[C@H](NC(=O)c2ccc(Oc3cnc(Cl)[nH]3)cc2)C2CCN1CC2. The number of aromatic amines is 1. The summed E-state index contributed by atoms with van der Waals surface area (Å²) in [6, 6.07) is 7.72. The molecule has 2 aromatic rings. The van der Waals surface area contributed by atoms with Gasteiger partial charge >= 0.3 is 0 Å². The Hall–Kier alpha value is -2.05. The standard InChI is InChI=1S/C18H21ClN4O2/c1-11-16(12-6-8-23(11)9-7-12)22-17(24)13-2-4-14(5-3-13)25-15-10-20-18(19)21-15/h2-5,10-12,16H,6-9H2,1H3,(H,20,21)(H,22,24)/t11-,16-/m0/s1. The molecule has 0 saturated carbocycles. The number of fused-ring (bicyclic) bond motifs is 3. The van der Waals surface area contributed by atoms with Crippen LogP contribution >= 0.6 is 11.6 Å². The van der Waals surface area contributed by atoms with Gasteiger partial charge in [0.15, 0.2) is 0 Å². The molecular formula is C18H21ClN4O2. The number of carbonyl (C=O) groups excluding carboxylic acids is 1. The summed E-state index contributed by atoms with van der Waals surface area (Å²) in [6.07, 6.45) is 3.86. The van der Waals surface area contributed by atoms with Gasteiger partial charge in [0.05, 0.1) is 6.20 Å². The number of hydrogen-bond donors (Lipinski definition) is 2. The molecule has 2 atom stereocenters. The first-order valence-corrected chi connectivity index (χ1v) is 9.01. The van der Waals surface area contributed by atoms with Crippen molar-refractivity contribution in [2.45, 2.75) is 31.8 Å². The second-order valence-corrected chi connectivity index (χ2v) is 7.14. The molecule has 3 aliphatic heterocycles. The lowest BCUT2D eigenvalue weighted by Crippen LogP contribution is -2.62. The molecule has 0 radical (unpaired) electrons. The van der Waals surface area contributed by atoms with Crippen molar-refractivity contribution in [3.63, 3.8) is 0 Å². The van der Waals surface area contributed by atoms with E-state index < -0.39 is 0 Å². The van der Waals surface area contributed by atoms with E-state index in [0.717, 1.165) is 13.1 Å². The monoisotopic (exact) mass is 360 g/mol. The quantitative estimate of drug-likeness (QED) is 0.879. The van der Waals surface area contributed by atoms with Crippen LogP contribution in [0.25, 0.3) is 0 Å². The second kappa shape index (κ2) is 6.69. The molecule has 0 unspecified atom stereocenters. The molecule has 2 N–H and O–H groups in total. The minimum absolute atomic E-state index is 0.0262. The van der Waals surface area contributed by atoms with Gasteiger partial charge in [-0.1, -0.05) is 0 Å². The third-order valence-electron chi connectivity index (χ3n) is 5.34. The van der Waals surface area contributed by atoms with Gasteiger partial charge in [0.1, 0.15) is 5.75 Å². The number of amides is 1. The molecule has 7 heteroatoms. The molecule has 132 valence electrons. The predicted octanol–water partition coefficient (Wildman–Crippen LogP) is 3.07. The Morgan fingerprint density at radius 1 is 1.32 bits per heavy atom. The van der Waals surface area contributed by atoms with Crippen LogP contribution in [0.1, 0.15) is 30.1 Å². The summed E-state index contributed by atoms with van der Waals surface area (Å²) >= 11 is 5.72. The highest BCUT2D eigenvalue weighted by Crippen LogP contribution is 2.32. The maximum Gasteiger partial charge on any atom is 0.251 e. The summed E-state index contributed by atoms with van der Waals surface area (Å²) in [7, 11) is 0. The fraction of sp³-hybridized carbons (Fsp3) is 0.444. The Labute approximate surface area is 151 Å². The highest BCUT2D eigenvalue weighted by atomic mass is 35.5. The van der Waals surface area contributed by atoms with Crippen molar-refractivity contribution in [3.8, 4) is 11.6 Å². The average molecular weight is 361 g/mol. The molecule has 6 nitrogen and oxygen atoms in total. The minimum Gasteiger partial charge on any atom is -0.439 e. The summed E-state index contributed by atoms with van der Waals surface area (Å²) in [6.45, 7) is 4.52. The van der Waals surface area contributed by atoms with Crippen molar-refractivity contribution < 1.29 is 9.53 Å². The van der Waals surface area contributed by atoms with Gasteiger partial charge in [0.25, 0.3) is 5.91 Å². The average Bonchev–Trinajstić information content (AvgIpc) is 3.04. The summed E-state index contributed by atoms with van der Waals surface area (Å²) in [4.78, 5) is 21.7. The number of imidazole rings is 1. The van der Waals surface area contributed by atoms with E-state index in [9.17, 15) is 4.79 Å². The number of carbonyl (C=O) groups is 1. The Morgan fingerprint density at radius 2 is 2.04 bits per heavy atom. The van der Waals surface area contributed by atoms with Gasteiger partial charge in [-0.3, -0.25) is 14.7 Å². The minimum atomic E-state index is -0.0262. The number of nitrogens with zero attached hydrogens (tertiary/aromatic N) is 2. The first kappa shape index (κ1) is 16.4. The van der Waals surface area contributed by atoms with Crippen LogP contribution in [-0.4, -0.2) is 45.9 Å². The van der Waals surface area contributed by atoms with Gasteiger partial charge < -0.3 is 10.1 Å². The molecule has 4 heterocycles. The summed E-state index contributed by atoms with van der Waals surface area (Å²) in [5.41, 5.74) is 0.638. The number of ether oxygens (including phenoxy) is 1. The zero-order chi connectivity index (χ0) is 17.4. The number of H-pyrrole nitrogens is 1. The lowest BCUT2D eigenvalue weighted by molar-refractivity contribution is 0.0217. The van der Waals surface area contributed by atoms with Gasteiger partial charge in [-0.15, -0.1) is 0 Å². The van der Waals surface area contributed by atoms with Crippen molar-refractivity contribution in [1.82, 2.24) is 20.2 Å². The van der Waals surface area contributed by atoms with E-state index in [1.807, 2.05) is 0 Å². The van der Waals surface area contributed by atoms with Crippen LogP contribution < -0.4 is 10.1 Å². The molecule has 5 rings (SSSR count). The number of benzene rings is 1. The molecule has 3 saturated heterocycles. The third kappa shape index (κ3) is 3.37. The molecule has 3 aliphatic rings. The molecule has 2 bridgehead atoms. The summed E-state index contributed by atoms with van der Waals surface area (Å²) in [5.74, 6) is 1.65. The number of hydrogen-bond acceptors (Lipinski definition) is 4. The second-order valence-electron chi connectivity index (χ2n) is 6.78. The number of aromatic nitrogens is 2. The van der Waals surface area contributed by atoms with Crippen molar-refractivity contribution in [3.05, 3.63) is 41.3 Å². The molecule has 25 heavy (non-hydrogen) atoms. The highest BCUT2D eigenvalue weighted by Gasteiger charge is 2.40. The number of nitrogens with one attached hydrogen (secondary N) is 2. The van der Waals surface area contributed by atoms with Gasteiger partial charge in [-0.2, -0.15) is 0 Å². The highest BCUT2D eigenvalue weighted by molar-refractivity contribution is 6.28. The zero-order valence-electron chi connectivity index (χ0n) is 14.0. The predicted molar refractivity (Wildman–Crippen MR) is 95.1 cm³/mol. The topological polar surface area (TPSA) is 70.2 Å². The Morgan fingerprint density at radius 3 is 2.64 bits per heavy atom. The third-order valence-corrected chi connectivity index (χ3v) is 5.53. The van der Waals surface area contributed by atoms with Crippen LogP contribution in [0.3, 0.4) is 0 Å². The first-order valence-electron chi connectivity index (χ1n) is 8.63. The molecular weight excluding hydrogens is 340 g/mol. The van der Waals surface area contributed by atoms with E-state index in [1.54, 1.807) is 24.3 Å². The lowest BCUT2D eigenvalue weighted by Gasteiger charge is -2.49. The van der Waals surface area contributed by atoms with Crippen LogP contribution in [-0.2, 0) is 0 Å². The van der Waals surface area contributed by atoms with E-state index in [-0.39, 0.29) is 17.2 Å². The zero-order valence-corrected chi connectivity index (χ0v) is 14.8. The van der Waals surface area contributed by atoms with E-state index in [1.165, 1.54) is 19.0 Å². The van der Waals surface area contributed by atoms with E-state index in [4.69, 9.17) is 16.3 Å². The van der Waals surface area contributed by atoms with Crippen molar-refractivity contribution in [1.29, 1.82) is 0 Å². The maximum atomic E-state index is 12.6. The molecule has 0 aliphatic carbocycles. The fourth-order valence-corrected chi connectivity index (χ4v) is 4.06. The van der Waals surface area contributed by atoms with Crippen LogP contribution in [0.2, 0.25) is 5.28 Å². The Kier molecular flexibility index (Phi) is 4.39. The number of halogens is 1. The van der Waals surface area contributed by atoms with Crippen molar-refractivity contribution in [2.75, 3.05) is 13.1 Å². The van der Waals surface area contributed by atoms with E-state index >= 15 is 0 Å². The van der Waals surface area contributed by atoms with Crippen molar-refractivity contribution in [2.24, 2.45) is 5.92 Å².